The van der Waals surface area contributed by atoms with Crippen molar-refractivity contribution in [1.82, 2.24) is 19.7 Å². The molecule has 0 amide bonds. The summed E-state index contributed by atoms with van der Waals surface area (Å²) in [7, 11) is 0. The highest BCUT2D eigenvalue weighted by Crippen LogP contribution is 2.41. The van der Waals surface area contributed by atoms with Crippen molar-refractivity contribution >= 4 is 27.4 Å². The number of thiophene rings is 1. The Labute approximate surface area is 182 Å². The van der Waals surface area contributed by atoms with Gasteiger partial charge in [0.05, 0.1) is 49.5 Å². The summed E-state index contributed by atoms with van der Waals surface area (Å²) in [5.41, 5.74) is 3.18. The Balaban J connectivity index is 1.78. The fourth-order valence-corrected chi connectivity index (χ4v) is 5.25. The van der Waals surface area contributed by atoms with Gasteiger partial charge in [-0.1, -0.05) is 0 Å². The van der Waals surface area contributed by atoms with E-state index in [0.717, 1.165) is 60.0 Å². The average Bonchev–Trinajstić information content (AvgIpc) is 3.22. The molecule has 3 aromatic heterocycles. The summed E-state index contributed by atoms with van der Waals surface area (Å²) in [5, 5.41) is 9.41. The summed E-state index contributed by atoms with van der Waals surface area (Å²) in [4.78, 5) is 13.7. The highest BCUT2D eigenvalue weighted by Gasteiger charge is 2.31. The van der Waals surface area contributed by atoms with E-state index in [2.05, 4.69) is 44.2 Å². The molecule has 1 aliphatic heterocycles. The number of quaternary nitrogens is 1. The summed E-state index contributed by atoms with van der Waals surface area (Å²) >= 11 is 1.72. The molecule has 0 unspecified atom stereocenters. The van der Waals surface area contributed by atoms with Crippen LogP contribution < -0.4 is 10.2 Å². The molecule has 0 fully saturated rings. The number of nitrogens with zero attached hydrogens (tertiary/aromatic N) is 4. The van der Waals surface area contributed by atoms with E-state index in [1.54, 1.807) is 16.2 Å². The molecular weight excluding hydrogens is 396 g/mol. The number of fused-ring (bicyclic) bond motifs is 3. The molecule has 0 aliphatic carbocycles. The summed E-state index contributed by atoms with van der Waals surface area (Å²) in [6.45, 7) is 17.7. The normalized spacial score (nSPS) is 15.7. The molecule has 0 radical (unpaired) electrons. The van der Waals surface area contributed by atoms with Gasteiger partial charge in [0.15, 0.2) is 0 Å². The molecular formula is C22H33N6OS+. The van der Waals surface area contributed by atoms with E-state index >= 15 is 0 Å². The zero-order valence-corrected chi connectivity index (χ0v) is 19.7. The smallest absolute Gasteiger partial charge is 0.254 e. The van der Waals surface area contributed by atoms with Crippen molar-refractivity contribution in [2.24, 2.45) is 0 Å². The van der Waals surface area contributed by atoms with Crippen molar-refractivity contribution < 1.29 is 9.64 Å². The summed E-state index contributed by atoms with van der Waals surface area (Å²) < 4.78 is 7.90. The first-order valence-corrected chi connectivity index (χ1v) is 11.7. The zero-order chi connectivity index (χ0) is 21.5. The summed E-state index contributed by atoms with van der Waals surface area (Å²) in [5.74, 6) is 1.55. The fourth-order valence-electron chi connectivity index (χ4n) is 4.15. The first-order valence-electron chi connectivity index (χ1n) is 10.9. The Morgan fingerprint density at radius 2 is 2.00 bits per heavy atom. The number of anilines is 1. The molecule has 0 saturated heterocycles. The van der Waals surface area contributed by atoms with Crippen LogP contribution >= 0.6 is 11.3 Å². The maximum absolute atomic E-state index is 6.06. The van der Waals surface area contributed by atoms with Gasteiger partial charge in [-0.25, -0.2) is 4.68 Å². The molecule has 0 spiro atoms. The van der Waals surface area contributed by atoms with Gasteiger partial charge in [-0.2, -0.15) is 15.1 Å². The van der Waals surface area contributed by atoms with E-state index in [9.17, 15) is 0 Å². The molecule has 1 aliphatic rings. The van der Waals surface area contributed by atoms with Gasteiger partial charge in [0, 0.05) is 17.0 Å². The standard InChI is InChI=1S/C22H32N6OS/c1-7-27(8-2)10-9-23-19-18-16-12-22(5,6)29-13-17(16)30-20(18)25-21(24-19)28-15(4)11-14(3)26-28/h11H,7-10,12-13H2,1-6H3,(H,23,24,25)/p+1. The Kier molecular flexibility index (Phi) is 5.83. The third kappa shape index (κ3) is 4.08. The Morgan fingerprint density at radius 3 is 2.67 bits per heavy atom. The van der Waals surface area contributed by atoms with Crippen LogP contribution in [0, 0.1) is 13.8 Å². The minimum atomic E-state index is -0.169. The predicted molar refractivity (Wildman–Crippen MR) is 122 cm³/mol. The second-order valence-corrected chi connectivity index (χ2v) is 9.84. The molecule has 0 aromatic carbocycles. The number of likely N-dealkylation sites (N-methyl/N-ethyl adjacent to an activating group) is 1. The highest BCUT2D eigenvalue weighted by molar-refractivity contribution is 7.19. The largest absolute Gasteiger partial charge is 0.370 e. The van der Waals surface area contributed by atoms with Gasteiger partial charge in [0.25, 0.3) is 5.95 Å². The first kappa shape index (κ1) is 21.2. The molecule has 8 heteroatoms. The number of ether oxygens (including phenoxy) is 1. The molecule has 2 N–H and O–H groups in total. The maximum atomic E-state index is 6.06. The van der Waals surface area contributed by atoms with Gasteiger partial charge in [0.2, 0.25) is 0 Å². The molecule has 0 bridgehead atoms. The van der Waals surface area contributed by atoms with E-state index in [0.29, 0.717) is 12.6 Å². The van der Waals surface area contributed by atoms with Crippen LogP contribution in [0.2, 0.25) is 0 Å². The maximum Gasteiger partial charge on any atom is 0.254 e. The van der Waals surface area contributed by atoms with Gasteiger partial charge in [-0.15, -0.1) is 11.3 Å². The van der Waals surface area contributed by atoms with Crippen molar-refractivity contribution in [3.05, 3.63) is 27.9 Å². The van der Waals surface area contributed by atoms with E-state index in [-0.39, 0.29) is 5.60 Å². The van der Waals surface area contributed by atoms with E-state index < -0.39 is 0 Å². The first-order chi connectivity index (χ1) is 14.3. The number of aromatic nitrogens is 4. The van der Waals surface area contributed by atoms with Crippen LogP contribution in [0.1, 0.15) is 49.5 Å². The van der Waals surface area contributed by atoms with Crippen LogP contribution in [0.4, 0.5) is 5.82 Å². The van der Waals surface area contributed by atoms with Crippen LogP contribution in [-0.2, 0) is 17.8 Å². The molecule has 4 rings (SSSR count). The number of hydrogen-bond donors (Lipinski definition) is 2. The fraction of sp³-hybridized carbons (Fsp3) is 0.591. The lowest BCUT2D eigenvalue weighted by Gasteiger charge is -2.30. The van der Waals surface area contributed by atoms with Crippen LogP contribution in [0.25, 0.3) is 16.2 Å². The summed E-state index contributed by atoms with van der Waals surface area (Å²) in [6.07, 6.45) is 0.876. The van der Waals surface area contributed by atoms with Crippen LogP contribution in [-0.4, -0.2) is 51.5 Å². The van der Waals surface area contributed by atoms with Crippen molar-refractivity contribution in [2.45, 2.75) is 60.2 Å². The third-order valence-corrected chi connectivity index (χ3v) is 6.99. The van der Waals surface area contributed by atoms with Crippen molar-refractivity contribution in [2.75, 3.05) is 31.5 Å². The SMILES string of the molecule is CC[NH+](CC)CCNc1nc(-n2nc(C)cc2C)nc2sc3c(c12)CC(C)(C)OC3. The minimum absolute atomic E-state index is 0.169. The molecule has 7 nitrogen and oxygen atoms in total. The molecule has 4 heterocycles. The quantitative estimate of drug-likeness (QED) is 0.604. The molecule has 3 aromatic rings. The predicted octanol–water partition coefficient (Wildman–Crippen LogP) is 2.68. The van der Waals surface area contributed by atoms with Gasteiger partial charge < -0.3 is 15.0 Å². The van der Waals surface area contributed by atoms with Gasteiger partial charge in [-0.3, -0.25) is 0 Å². The lowest BCUT2D eigenvalue weighted by Crippen LogP contribution is -3.12. The monoisotopic (exact) mass is 429 g/mol. The van der Waals surface area contributed by atoms with Crippen LogP contribution in [0.15, 0.2) is 6.07 Å². The molecule has 0 atom stereocenters. The Morgan fingerprint density at radius 1 is 1.23 bits per heavy atom. The number of nitrogens with one attached hydrogen (secondary N) is 2. The minimum Gasteiger partial charge on any atom is -0.370 e. The van der Waals surface area contributed by atoms with E-state index in [4.69, 9.17) is 14.7 Å². The summed E-state index contributed by atoms with van der Waals surface area (Å²) in [6, 6.07) is 2.06. The number of aryl methyl sites for hydroxylation is 2. The van der Waals surface area contributed by atoms with Crippen molar-refractivity contribution in [3.63, 3.8) is 0 Å². The molecule has 30 heavy (non-hydrogen) atoms. The van der Waals surface area contributed by atoms with Gasteiger partial charge in [-0.05, 0) is 53.2 Å². The molecule has 162 valence electrons. The van der Waals surface area contributed by atoms with Crippen molar-refractivity contribution in [1.29, 1.82) is 0 Å². The highest BCUT2D eigenvalue weighted by atomic mass is 32.1. The third-order valence-electron chi connectivity index (χ3n) is 5.89. The number of hydrogen-bond acceptors (Lipinski definition) is 6. The van der Waals surface area contributed by atoms with Crippen LogP contribution in [0.5, 0.6) is 0 Å². The van der Waals surface area contributed by atoms with E-state index in [1.165, 1.54) is 10.4 Å². The topological polar surface area (TPSA) is 69.3 Å². The van der Waals surface area contributed by atoms with Gasteiger partial charge in [0.1, 0.15) is 10.6 Å². The van der Waals surface area contributed by atoms with Gasteiger partial charge >= 0.3 is 0 Å². The van der Waals surface area contributed by atoms with Crippen LogP contribution in [0.3, 0.4) is 0 Å². The lowest BCUT2D eigenvalue weighted by atomic mass is 9.94. The Hall–Kier alpha value is -2.03. The average molecular weight is 430 g/mol. The second kappa shape index (κ2) is 8.24. The van der Waals surface area contributed by atoms with E-state index in [1.807, 2.05) is 18.5 Å². The van der Waals surface area contributed by atoms with Crippen molar-refractivity contribution in [3.8, 4) is 5.95 Å². The Bertz CT molecular complexity index is 1050. The second-order valence-electron chi connectivity index (χ2n) is 8.75. The number of rotatable bonds is 7. The lowest BCUT2D eigenvalue weighted by molar-refractivity contribution is -0.894. The zero-order valence-electron chi connectivity index (χ0n) is 18.9. The molecule has 0 saturated carbocycles.